The lowest BCUT2D eigenvalue weighted by Gasteiger charge is -2.00. The number of carbonyl (C=O) groups excluding carboxylic acids is 1. The number of rotatable bonds is 8. The van der Waals surface area contributed by atoms with E-state index in [1.165, 1.54) is 11.8 Å². The Morgan fingerprint density at radius 1 is 1.45 bits per heavy atom. The number of hydrogen-bond acceptors (Lipinski definition) is 5. The molecule has 0 bridgehead atoms. The molecule has 0 radical (unpaired) electrons. The molecule has 2 rings (SSSR count). The van der Waals surface area contributed by atoms with Crippen LogP contribution in [0.2, 0.25) is 0 Å². The van der Waals surface area contributed by atoms with Crippen LogP contribution >= 0.6 is 11.8 Å². The van der Waals surface area contributed by atoms with Crippen LogP contribution in [0.1, 0.15) is 5.76 Å². The largest absolute Gasteiger partial charge is 0.497 e. The Kier molecular flexibility index (Phi) is 6.09. The number of thioether (sulfide) groups is 1. The van der Waals surface area contributed by atoms with Gasteiger partial charge in [0.05, 0.1) is 18.6 Å². The summed E-state index contributed by atoms with van der Waals surface area (Å²) in [5, 5.41) is 6.77. The Labute approximate surface area is 133 Å². The molecule has 1 amide bonds. The van der Waals surface area contributed by atoms with Gasteiger partial charge in [-0.1, -0.05) is 11.2 Å². The van der Waals surface area contributed by atoms with E-state index in [1.807, 2.05) is 30.3 Å². The number of nitrogens with one attached hydrogen (secondary N) is 1. The van der Waals surface area contributed by atoms with Gasteiger partial charge in [-0.15, -0.1) is 18.3 Å². The molecule has 0 aliphatic heterocycles. The molecule has 1 heterocycles. The number of carbonyl (C=O) groups is 1. The zero-order valence-electron chi connectivity index (χ0n) is 12.4. The Morgan fingerprint density at radius 2 is 2.23 bits per heavy atom. The number of aromatic nitrogens is 1. The van der Waals surface area contributed by atoms with Crippen LogP contribution in [0.5, 0.6) is 5.75 Å². The molecule has 0 unspecified atom stereocenters. The summed E-state index contributed by atoms with van der Waals surface area (Å²) in [6, 6.07) is 9.49. The molecule has 1 aromatic carbocycles. The van der Waals surface area contributed by atoms with Gasteiger partial charge in [-0.05, 0) is 24.3 Å². The maximum absolute atomic E-state index is 11.4. The summed E-state index contributed by atoms with van der Waals surface area (Å²) in [6.07, 6.45) is 1.65. The van der Waals surface area contributed by atoms with Crippen molar-refractivity contribution in [3.8, 4) is 17.0 Å². The van der Waals surface area contributed by atoms with Gasteiger partial charge in [0.2, 0.25) is 5.91 Å². The highest BCUT2D eigenvalue weighted by atomic mass is 32.2. The summed E-state index contributed by atoms with van der Waals surface area (Å²) in [4.78, 5) is 11.4. The van der Waals surface area contributed by atoms with E-state index in [-0.39, 0.29) is 5.91 Å². The van der Waals surface area contributed by atoms with Crippen LogP contribution in [0.15, 0.2) is 47.5 Å². The van der Waals surface area contributed by atoms with Crippen LogP contribution < -0.4 is 10.1 Å². The van der Waals surface area contributed by atoms with E-state index in [0.29, 0.717) is 18.1 Å². The van der Waals surface area contributed by atoms with Crippen molar-refractivity contribution >= 4 is 17.7 Å². The van der Waals surface area contributed by atoms with Gasteiger partial charge < -0.3 is 14.6 Å². The number of amides is 1. The second-order valence-electron chi connectivity index (χ2n) is 4.49. The smallest absolute Gasteiger partial charge is 0.230 e. The molecule has 0 saturated carbocycles. The maximum atomic E-state index is 11.4. The Hall–Kier alpha value is -2.21. The quantitative estimate of drug-likeness (QED) is 0.758. The molecule has 5 nitrogen and oxygen atoms in total. The van der Waals surface area contributed by atoms with Gasteiger partial charge in [0.15, 0.2) is 0 Å². The fourth-order valence-electron chi connectivity index (χ4n) is 1.76. The standard InChI is InChI=1S/C16H18N2O3S/c1-3-8-17-16(19)11-22-10-14-9-15(18-21-14)12-4-6-13(20-2)7-5-12/h3-7,9H,1,8,10-11H2,2H3,(H,17,19). The maximum Gasteiger partial charge on any atom is 0.230 e. The van der Waals surface area contributed by atoms with Gasteiger partial charge in [0, 0.05) is 18.2 Å². The zero-order valence-corrected chi connectivity index (χ0v) is 13.2. The summed E-state index contributed by atoms with van der Waals surface area (Å²) < 4.78 is 10.4. The van der Waals surface area contributed by atoms with Crippen molar-refractivity contribution in [1.29, 1.82) is 0 Å². The number of benzene rings is 1. The number of methoxy groups -OCH3 is 1. The third-order valence-electron chi connectivity index (χ3n) is 2.87. The lowest BCUT2D eigenvalue weighted by molar-refractivity contribution is -0.118. The van der Waals surface area contributed by atoms with Crippen molar-refractivity contribution in [2.24, 2.45) is 0 Å². The molecule has 0 aliphatic rings. The van der Waals surface area contributed by atoms with E-state index in [2.05, 4.69) is 17.1 Å². The third-order valence-corrected chi connectivity index (χ3v) is 3.82. The molecule has 2 aromatic rings. The van der Waals surface area contributed by atoms with Gasteiger partial charge in [-0.3, -0.25) is 4.79 Å². The van der Waals surface area contributed by atoms with Gasteiger partial charge in [-0.2, -0.15) is 0 Å². The molecular weight excluding hydrogens is 300 g/mol. The van der Waals surface area contributed by atoms with Crippen molar-refractivity contribution in [2.45, 2.75) is 5.75 Å². The predicted octanol–water partition coefficient (Wildman–Crippen LogP) is 2.89. The molecular formula is C16H18N2O3S. The molecule has 0 fully saturated rings. The first kappa shape index (κ1) is 16.2. The van der Waals surface area contributed by atoms with E-state index in [4.69, 9.17) is 9.26 Å². The molecule has 0 atom stereocenters. The monoisotopic (exact) mass is 318 g/mol. The summed E-state index contributed by atoms with van der Waals surface area (Å²) in [6.45, 7) is 4.04. The van der Waals surface area contributed by atoms with E-state index in [0.717, 1.165) is 22.8 Å². The third kappa shape index (κ3) is 4.66. The Bertz CT molecular complexity index is 623. The fourth-order valence-corrected chi connectivity index (χ4v) is 2.49. The van der Waals surface area contributed by atoms with E-state index in [1.54, 1.807) is 13.2 Å². The summed E-state index contributed by atoms with van der Waals surface area (Å²) >= 11 is 1.48. The van der Waals surface area contributed by atoms with Crippen molar-refractivity contribution in [3.05, 3.63) is 48.7 Å². The summed E-state index contributed by atoms with van der Waals surface area (Å²) in [5.41, 5.74) is 1.74. The van der Waals surface area contributed by atoms with Crippen molar-refractivity contribution in [3.63, 3.8) is 0 Å². The van der Waals surface area contributed by atoms with Crippen LogP contribution in [-0.2, 0) is 10.5 Å². The predicted molar refractivity (Wildman–Crippen MR) is 87.9 cm³/mol. The second-order valence-corrected chi connectivity index (χ2v) is 5.48. The van der Waals surface area contributed by atoms with E-state index in [9.17, 15) is 4.79 Å². The van der Waals surface area contributed by atoms with Gasteiger partial charge in [0.1, 0.15) is 17.2 Å². The van der Waals surface area contributed by atoms with Gasteiger partial charge in [0.25, 0.3) is 0 Å². The van der Waals surface area contributed by atoms with Crippen LogP contribution in [0.3, 0.4) is 0 Å². The summed E-state index contributed by atoms with van der Waals surface area (Å²) in [7, 11) is 1.63. The first-order valence-corrected chi connectivity index (χ1v) is 7.93. The van der Waals surface area contributed by atoms with Crippen molar-refractivity contribution < 1.29 is 14.1 Å². The first-order chi connectivity index (χ1) is 10.7. The highest BCUT2D eigenvalue weighted by Crippen LogP contribution is 2.23. The van der Waals surface area contributed by atoms with Crippen molar-refractivity contribution in [1.82, 2.24) is 10.5 Å². The minimum absolute atomic E-state index is 0.0141. The highest BCUT2D eigenvalue weighted by Gasteiger charge is 2.08. The van der Waals surface area contributed by atoms with E-state index >= 15 is 0 Å². The minimum Gasteiger partial charge on any atom is -0.497 e. The minimum atomic E-state index is -0.0141. The average Bonchev–Trinajstić information content (AvgIpc) is 3.02. The Morgan fingerprint density at radius 3 is 2.91 bits per heavy atom. The molecule has 0 saturated heterocycles. The first-order valence-electron chi connectivity index (χ1n) is 6.78. The van der Waals surface area contributed by atoms with Crippen LogP contribution in [0, 0.1) is 0 Å². The molecule has 22 heavy (non-hydrogen) atoms. The summed E-state index contributed by atoms with van der Waals surface area (Å²) in [5.74, 6) is 2.51. The highest BCUT2D eigenvalue weighted by molar-refractivity contribution is 7.99. The molecule has 0 aliphatic carbocycles. The SMILES string of the molecule is C=CCNC(=O)CSCc1cc(-c2ccc(OC)cc2)no1. The zero-order chi connectivity index (χ0) is 15.8. The molecule has 1 N–H and O–H groups in total. The lowest BCUT2D eigenvalue weighted by atomic mass is 10.1. The lowest BCUT2D eigenvalue weighted by Crippen LogP contribution is -2.24. The van der Waals surface area contributed by atoms with Crippen LogP contribution in [0.4, 0.5) is 0 Å². The van der Waals surface area contributed by atoms with Crippen LogP contribution in [-0.4, -0.2) is 30.5 Å². The number of nitrogens with zero attached hydrogens (tertiary/aromatic N) is 1. The Balaban J connectivity index is 1.85. The topological polar surface area (TPSA) is 64.4 Å². The molecule has 0 spiro atoms. The fraction of sp³-hybridized carbons (Fsp3) is 0.250. The molecule has 6 heteroatoms. The number of hydrogen-bond donors (Lipinski definition) is 1. The second kappa shape index (κ2) is 8.29. The normalized spacial score (nSPS) is 10.2. The van der Waals surface area contributed by atoms with Gasteiger partial charge >= 0.3 is 0 Å². The molecule has 116 valence electrons. The average molecular weight is 318 g/mol. The van der Waals surface area contributed by atoms with E-state index < -0.39 is 0 Å². The molecule has 1 aromatic heterocycles. The van der Waals surface area contributed by atoms with Crippen LogP contribution in [0.25, 0.3) is 11.3 Å². The van der Waals surface area contributed by atoms with Gasteiger partial charge in [-0.25, -0.2) is 0 Å². The number of ether oxygens (including phenoxy) is 1. The van der Waals surface area contributed by atoms with Crippen molar-refractivity contribution in [2.75, 3.05) is 19.4 Å².